The van der Waals surface area contributed by atoms with Crippen molar-refractivity contribution in [2.24, 2.45) is 0 Å². The Kier molecular flexibility index (Phi) is 3.86. The van der Waals surface area contributed by atoms with Gasteiger partial charge in [-0.2, -0.15) is 5.10 Å². The molecule has 0 bridgehead atoms. The zero-order valence-corrected chi connectivity index (χ0v) is 14.0. The zero-order chi connectivity index (χ0) is 16.6. The Bertz CT molecular complexity index is 958. The summed E-state index contributed by atoms with van der Waals surface area (Å²) in [7, 11) is -3.63. The summed E-state index contributed by atoms with van der Waals surface area (Å²) in [6.45, 7) is 1.86. The quantitative estimate of drug-likeness (QED) is 0.796. The minimum atomic E-state index is -3.63. The average molecular weight is 341 g/mol. The molecule has 2 aromatic carbocycles. The molecule has 1 aliphatic rings. The SMILES string of the molecule is O=S(=O)(c1ccccc1)c1nn(C2CCNCC2)c2ccccc12. The highest BCUT2D eigenvalue weighted by Crippen LogP contribution is 2.31. The highest BCUT2D eigenvalue weighted by molar-refractivity contribution is 7.91. The largest absolute Gasteiger partial charge is 0.317 e. The molecule has 3 aromatic rings. The van der Waals surface area contributed by atoms with Crippen LogP contribution in [0, 0.1) is 0 Å². The van der Waals surface area contributed by atoms with Gasteiger partial charge in [-0.05, 0) is 50.2 Å². The van der Waals surface area contributed by atoms with Gasteiger partial charge in [0.2, 0.25) is 9.84 Å². The van der Waals surface area contributed by atoms with Gasteiger partial charge in [-0.25, -0.2) is 8.42 Å². The Labute approximate surface area is 141 Å². The Morgan fingerprint density at radius 2 is 1.62 bits per heavy atom. The van der Waals surface area contributed by atoms with E-state index in [1.807, 2.05) is 35.0 Å². The molecule has 124 valence electrons. The maximum absolute atomic E-state index is 13.1. The number of hydrogen-bond acceptors (Lipinski definition) is 4. The molecule has 0 radical (unpaired) electrons. The number of hydrogen-bond donors (Lipinski definition) is 1. The Hall–Kier alpha value is -2.18. The number of benzene rings is 2. The topological polar surface area (TPSA) is 64.0 Å². The second-order valence-electron chi connectivity index (χ2n) is 6.06. The van der Waals surface area contributed by atoms with Crippen LogP contribution in [0.2, 0.25) is 0 Å². The van der Waals surface area contributed by atoms with Crippen LogP contribution >= 0.6 is 0 Å². The van der Waals surface area contributed by atoms with Gasteiger partial charge < -0.3 is 5.32 Å². The number of piperidine rings is 1. The molecule has 0 spiro atoms. The van der Waals surface area contributed by atoms with Crippen molar-refractivity contribution >= 4 is 20.7 Å². The molecule has 0 amide bonds. The smallest absolute Gasteiger partial charge is 0.226 e. The fourth-order valence-electron chi connectivity index (χ4n) is 3.30. The van der Waals surface area contributed by atoms with Gasteiger partial charge >= 0.3 is 0 Å². The lowest BCUT2D eigenvalue weighted by Crippen LogP contribution is -2.29. The highest BCUT2D eigenvalue weighted by atomic mass is 32.2. The van der Waals surface area contributed by atoms with Crippen LogP contribution in [0.25, 0.3) is 10.9 Å². The molecule has 1 N–H and O–H groups in total. The molecule has 0 saturated carbocycles. The van der Waals surface area contributed by atoms with Crippen LogP contribution < -0.4 is 5.32 Å². The number of nitrogens with zero attached hydrogens (tertiary/aromatic N) is 2. The first-order valence-corrected chi connectivity index (χ1v) is 9.64. The van der Waals surface area contributed by atoms with E-state index in [9.17, 15) is 8.42 Å². The number of fused-ring (bicyclic) bond motifs is 1. The molecular formula is C18H19N3O2S. The molecule has 6 heteroatoms. The Balaban J connectivity index is 1.90. The molecule has 24 heavy (non-hydrogen) atoms. The van der Waals surface area contributed by atoms with E-state index < -0.39 is 9.84 Å². The minimum Gasteiger partial charge on any atom is -0.317 e. The van der Waals surface area contributed by atoms with E-state index in [2.05, 4.69) is 10.4 Å². The van der Waals surface area contributed by atoms with Gasteiger partial charge in [0.1, 0.15) is 0 Å². The normalized spacial score (nSPS) is 16.5. The summed E-state index contributed by atoms with van der Waals surface area (Å²) >= 11 is 0. The first kappa shape index (κ1) is 15.4. The lowest BCUT2D eigenvalue weighted by molar-refractivity contribution is 0.347. The number of rotatable bonds is 3. The van der Waals surface area contributed by atoms with E-state index in [0.717, 1.165) is 31.4 Å². The summed E-state index contributed by atoms with van der Waals surface area (Å²) in [5.74, 6) is 0. The summed E-state index contributed by atoms with van der Waals surface area (Å²) in [5.41, 5.74) is 0.888. The average Bonchev–Trinajstić information content (AvgIpc) is 3.04. The fourth-order valence-corrected chi connectivity index (χ4v) is 4.70. The summed E-state index contributed by atoms with van der Waals surface area (Å²) in [5, 5.41) is 8.75. The zero-order valence-electron chi connectivity index (χ0n) is 13.2. The first-order chi connectivity index (χ1) is 11.7. The van der Waals surface area contributed by atoms with Crippen LogP contribution in [0.3, 0.4) is 0 Å². The second kappa shape index (κ2) is 6.03. The standard InChI is InChI=1S/C18H19N3O2S/c22-24(23,15-6-2-1-3-7-15)18-16-8-4-5-9-17(16)21(20-18)14-10-12-19-13-11-14/h1-9,14,19H,10-13H2. The fraction of sp³-hybridized carbons (Fsp3) is 0.278. The van der Waals surface area contributed by atoms with E-state index >= 15 is 0 Å². The Morgan fingerprint density at radius 1 is 0.958 bits per heavy atom. The molecule has 0 aliphatic carbocycles. The lowest BCUT2D eigenvalue weighted by atomic mass is 10.1. The van der Waals surface area contributed by atoms with Crippen molar-refractivity contribution in [2.45, 2.75) is 28.8 Å². The van der Waals surface area contributed by atoms with Crippen LogP contribution in [0.5, 0.6) is 0 Å². The van der Waals surface area contributed by atoms with Gasteiger partial charge in [0, 0.05) is 5.39 Å². The van der Waals surface area contributed by atoms with E-state index in [1.54, 1.807) is 24.3 Å². The lowest BCUT2D eigenvalue weighted by Gasteiger charge is -2.23. The number of sulfone groups is 1. The van der Waals surface area contributed by atoms with E-state index in [1.165, 1.54) is 0 Å². The van der Waals surface area contributed by atoms with Crippen LogP contribution in [-0.2, 0) is 9.84 Å². The molecule has 0 atom stereocenters. The molecule has 5 nitrogen and oxygen atoms in total. The highest BCUT2D eigenvalue weighted by Gasteiger charge is 2.27. The molecule has 1 aromatic heterocycles. The third-order valence-corrected chi connectivity index (χ3v) is 6.25. The third-order valence-electron chi connectivity index (χ3n) is 4.54. The van der Waals surface area contributed by atoms with Crippen molar-refractivity contribution in [1.29, 1.82) is 0 Å². The van der Waals surface area contributed by atoms with E-state index in [0.29, 0.717) is 5.39 Å². The third kappa shape index (κ3) is 2.52. The maximum atomic E-state index is 13.1. The summed E-state index contributed by atoms with van der Waals surface area (Å²) in [6.07, 6.45) is 1.91. The predicted octanol–water partition coefficient (Wildman–Crippen LogP) is 2.79. The van der Waals surface area contributed by atoms with Gasteiger partial charge in [-0.3, -0.25) is 4.68 Å². The predicted molar refractivity (Wildman–Crippen MR) is 92.8 cm³/mol. The monoisotopic (exact) mass is 341 g/mol. The van der Waals surface area contributed by atoms with Crippen molar-refractivity contribution in [3.05, 3.63) is 54.6 Å². The molecule has 4 rings (SSSR count). The maximum Gasteiger partial charge on any atom is 0.226 e. The minimum absolute atomic E-state index is 0.155. The van der Waals surface area contributed by atoms with E-state index in [4.69, 9.17) is 0 Å². The van der Waals surface area contributed by atoms with Gasteiger partial charge in [-0.15, -0.1) is 0 Å². The van der Waals surface area contributed by atoms with E-state index in [-0.39, 0.29) is 16.0 Å². The van der Waals surface area contributed by atoms with Crippen molar-refractivity contribution in [3.63, 3.8) is 0 Å². The van der Waals surface area contributed by atoms with Crippen LogP contribution in [-0.4, -0.2) is 31.3 Å². The van der Waals surface area contributed by atoms with Gasteiger partial charge in [0.25, 0.3) is 0 Å². The molecule has 0 unspecified atom stereocenters. The van der Waals surface area contributed by atoms with Crippen LogP contribution in [0.4, 0.5) is 0 Å². The summed E-state index contributed by atoms with van der Waals surface area (Å²) in [6, 6.07) is 16.3. The van der Waals surface area contributed by atoms with Gasteiger partial charge in [0.15, 0.2) is 5.03 Å². The van der Waals surface area contributed by atoms with Gasteiger partial charge in [-0.1, -0.05) is 30.3 Å². The molecule has 1 fully saturated rings. The van der Waals surface area contributed by atoms with Crippen LogP contribution in [0.15, 0.2) is 64.5 Å². The van der Waals surface area contributed by atoms with Gasteiger partial charge in [0.05, 0.1) is 16.5 Å². The molecular weight excluding hydrogens is 322 g/mol. The number of para-hydroxylation sites is 1. The Morgan fingerprint density at radius 3 is 2.38 bits per heavy atom. The van der Waals surface area contributed by atoms with Crippen molar-refractivity contribution in [3.8, 4) is 0 Å². The molecule has 1 saturated heterocycles. The summed E-state index contributed by atoms with van der Waals surface area (Å²) in [4.78, 5) is 0.283. The summed E-state index contributed by atoms with van der Waals surface area (Å²) < 4.78 is 28.0. The van der Waals surface area contributed by atoms with Crippen molar-refractivity contribution in [2.75, 3.05) is 13.1 Å². The van der Waals surface area contributed by atoms with Crippen molar-refractivity contribution in [1.82, 2.24) is 15.1 Å². The molecule has 2 heterocycles. The molecule has 1 aliphatic heterocycles. The number of nitrogens with one attached hydrogen (secondary N) is 1. The number of aromatic nitrogens is 2. The second-order valence-corrected chi connectivity index (χ2v) is 7.93. The first-order valence-electron chi connectivity index (χ1n) is 8.16. The van der Waals surface area contributed by atoms with Crippen LogP contribution in [0.1, 0.15) is 18.9 Å². The van der Waals surface area contributed by atoms with Crippen molar-refractivity contribution < 1.29 is 8.42 Å².